The number of ether oxygens (including phenoxy) is 3. The van der Waals surface area contributed by atoms with Gasteiger partial charge in [0.1, 0.15) is 39.7 Å². The number of rotatable bonds is 6. The Morgan fingerprint density at radius 2 is 1.15 bits per heavy atom. The number of carbonyl (C=O) groups excluding carboxylic acids is 3. The zero-order valence-electron chi connectivity index (χ0n) is 38.9. The van der Waals surface area contributed by atoms with E-state index in [1.54, 1.807) is 55.5 Å². The van der Waals surface area contributed by atoms with Crippen molar-refractivity contribution in [1.29, 1.82) is 0 Å². The van der Waals surface area contributed by atoms with E-state index in [1.165, 1.54) is 24.3 Å². The molecule has 0 radical (unpaired) electrons. The van der Waals surface area contributed by atoms with Crippen LogP contribution in [0.4, 0.5) is 13.6 Å². The minimum atomic E-state index is -0.615. The average molecular weight is 919 g/mol. The van der Waals surface area contributed by atoms with Gasteiger partial charge in [0, 0.05) is 55.0 Å². The molecule has 18 heteroatoms. The molecular formula is C49H56F2N10O6. The summed E-state index contributed by atoms with van der Waals surface area (Å²) in [4.78, 5) is 54.5. The van der Waals surface area contributed by atoms with Gasteiger partial charge < -0.3 is 34.2 Å². The van der Waals surface area contributed by atoms with Crippen molar-refractivity contribution in [1.82, 2.24) is 49.2 Å². The quantitative estimate of drug-likeness (QED) is 0.192. The Morgan fingerprint density at radius 3 is 1.57 bits per heavy atom. The maximum Gasteiger partial charge on any atom is 0.410 e. The summed E-state index contributed by atoms with van der Waals surface area (Å²) in [5.74, 6) is -0.613. The van der Waals surface area contributed by atoms with Crippen LogP contribution in [0.5, 0.6) is 0 Å². The molecular weight excluding hydrogens is 863 g/mol. The lowest BCUT2D eigenvalue weighted by Gasteiger charge is -2.54. The van der Waals surface area contributed by atoms with Crippen LogP contribution in [0.25, 0.3) is 33.8 Å². The number of nitrogens with one attached hydrogen (secondary N) is 1. The van der Waals surface area contributed by atoms with Gasteiger partial charge in [0.25, 0.3) is 11.8 Å². The number of imidazole rings is 2. The molecule has 2 spiro atoms. The first kappa shape index (κ1) is 45.8. The molecule has 4 fully saturated rings. The molecule has 10 rings (SSSR count). The van der Waals surface area contributed by atoms with Gasteiger partial charge in [-0.2, -0.15) is 10.2 Å². The van der Waals surface area contributed by atoms with Crippen molar-refractivity contribution < 1.29 is 37.4 Å². The number of hydrogen-bond acceptors (Lipinski definition) is 11. The lowest BCUT2D eigenvalue weighted by atomic mass is 9.91. The van der Waals surface area contributed by atoms with E-state index in [1.807, 2.05) is 37.8 Å². The third kappa shape index (κ3) is 8.96. The Morgan fingerprint density at radius 1 is 0.687 bits per heavy atom. The van der Waals surface area contributed by atoms with E-state index in [9.17, 15) is 23.2 Å². The van der Waals surface area contributed by atoms with Gasteiger partial charge in [0.05, 0.1) is 56.8 Å². The van der Waals surface area contributed by atoms with Crippen LogP contribution in [0.1, 0.15) is 92.4 Å². The summed E-state index contributed by atoms with van der Waals surface area (Å²) in [5.41, 5.74) is 5.35. The highest BCUT2D eigenvalue weighted by molar-refractivity contribution is 5.95. The highest BCUT2D eigenvalue weighted by Gasteiger charge is 2.52. The van der Waals surface area contributed by atoms with Gasteiger partial charge in [0.2, 0.25) is 0 Å². The molecule has 67 heavy (non-hydrogen) atoms. The Hall–Kier alpha value is -6.37. The minimum Gasteiger partial charge on any atom is -0.444 e. The molecule has 4 aliphatic heterocycles. The monoisotopic (exact) mass is 918 g/mol. The van der Waals surface area contributed by atoms with Crippen LogP contribution in [0, 0.1) is 11.6 Å². The number of amides is 3. The van der Waals surface area contributed by atoms with Gasteiger partial charge in [-0.3, -0.25) is 9.59 Å². The average Bonchev–Trinajstić information content (AvgIpc) is 3.92. The van der Waals surface area contributed by atoms with Crippen molar-refractivity contribution in [3.8, 4) is 22.5 Å². The second-order valence-corrected chi connectivity index (χ2v) is 19.5. The van der Waals surface area contributed by atoms with E-state index in [4.69, 9.17) is 14.2 Å². The SMILES string of the molecule is CC(C)c1cc(-c2ccc(F)cc2)nn2cc(C(=O)N3CCN(C(=O)OC(C)(C)C)CC34COC4)nc12.CC(C)c1cc(-c2ccc(F)cc2)nn2cc(C(=O)N3CCNCC34COC4)nc12. The third-order valence-corrected chi connectivity index (χ3v) is 12.7. The predicted octanol–water partition coefficient (Wildman–Crippen LogP) is 6.59. The van der Waals surface area contributed by atoms with Crippen LogP contribution in [-0.2, 0) is 14.2 Å². The van der Waals surface area contributed by atoms with Gasteiger partial charge in [-0.25, -0.2) is 32.6 Å². The summed E-state index contributed by atoms with van der Waals surface area (Å²) >= 11 is 0. The fourth-order valence-corrected chi connectivity index (χ4v) is 8.98. The molecule has 352 valence electrons. The first-order valence-corrected chi connectivity index (χ1v) is 22.7. The second kappa shape index (κ2) is 17.7. The smallest absolute Gasteiger partial charge is 0.410 e. The van der Waals surface area contributed by atoms with Crippen LogP contribution in [0.2, 0.25) is 0 Å². The molecule has 8 heterocycles. The van der Waals surface area contributed by atoms with Crippen LogP contribution in [-0.4, -0.2) is 144 Å². The first-order chi connectivity index (χ1) is 31.9. The van der Waals surface area contributed by atoms with Crippen molar-refractivity contribution in [2.75, 3.05) is 65.7 Å². The molecule has 2 aromatic carbocycles. The first-order valence-electron chi connectivity index (χ1n) is 22.7. The summed E-state index contributed by atoms with van der Waals surface area (Å²) in [6.07, 6.45) is 2.95. The number of carbonyl (C=O) groups is 3. The zero-order chi connectivity index (χ0) is 47.4. The summed E-state index contributed by atoms with van der Waals surface area (Å²) < 4.78 is 46.6. The number of piperazine rings is 2. The molecule has 3 amide bonds. The number of aromatic nitrogens is 6. The second-order valence-electron chi connectivity index (χ2n) is 19.5. The zero-order valence-corrected chi connectivity index (χ0v) is 38.9. The van der Waals surface area contributed by atoms with Crippen molar-refractivity contribution in [2.24, 2.45) is 0 Å². The van der Waals surface area contributed by atoms with Crippen molar-refractivity contribution >= 4 is 29.2 Å². The van der Waals surface area contributed by atoms with Gasteiger partial charge in [-0.15, -0.1) is 0 Å². The number of fused-ring (bicyclic) bond motifs is 2. The fourth-order valence-electron chi connectivity index (χ4n) is 8.98. The molecule has 0 unspecified atom stereocenters. The molecule has 0 atom stereocenters. The Balaban J connectivity index is 0.000000171. The Kier molecular flexibility index (Phi) is 12.1. The Labute approximate surface area is 387 Å². The highest BCUT2D eigenvalue weighted by atomic mass is 19.1. The van der Waals surface area contributed by atoms with Crippen molar-refractivity contribution in [2.45, 2.75) is 77.0 Å². The van der Waals surface area contributed by atoms with Crippen LogP contribution < -0.4 is 5.32 Å². The normalized spacial score (nSPS) is 17.7. The molecule has 1 N–H and O–H groups in total. The van der Waals surface area contributed by atoms with E-state index < -0.39 is 17.2 Å². The Bertz CT molecular complexity index is 2830. The molecule has 0 aliphatic carbocycles. The maximum absolute atomic E-state index is 13.7. The summed E-state index contributed by atoms with van der Waals surface area (Å²) in [5, 5.41) is 12.7. The molecule has 0 bridgehead atoms. The molecule has 4 aromatic heterocycles. The van der Waals surface area contributed by atoms with Crippen LogP contribution in [0.15, 0.2) is 73.1 Å². The van der Waals surface area contributed by atoms with E-state index in [0.29, 0.717) is 81.0 Å². The lowest BCUT2D eigenvalue weighted by Crippen LogP contribution is -2.73. The largest absolute Gasteiger partial charge is 0.444 e. The number of benzene rings is 2. The van der Waals surface area contributed by atoms with Gasteiger partial charge in [-0.05, 0) is 93.3 Å². The van der Waals surface area contributed by atoms with Crippen molar-refractivity contribution in [3.05, 3.63) is 107 Å². The number of hydrogen-bond donors (Lipinski definition) is 1. The topological polar surface area (TPSA) is 161 Å². The summed E-state index contributed by atoms with van der Waals surface area (Å²) in [7, 11) is 0. The molecule has 4 saturated heterocycles. The molecule has 4 aliphatic rings. The highest BCUT2D eigenvalue weighted by Crippen LogP contribution is 2.34. The van der Waals surface area contributed by atoms with Gasteiger partial charge in [0.15, 0.2) is 11.3 Å². The van der Waals surface area contributed by atoms with Crippen molar-refractivity contribution in [3.63, 3.8) is 0 Å². The fraction of sp³-hybridized carbons (Fsp3) is 0.449. The maximum atomic E-state index is 13.7. The number of halogens is 2. The van der Waals surface area contributed by atoms with E-state index >= 15 is 0 Å². The van der Waals surface area contributed by atoms with Crippen LogP contribution in [0.3, 0.4) is 0 Å². The standard InChI is InChI=1S/C27H32FN5O4.C22H24FN5O2/c1-17(2)20-12-21(18-6-8-19(28)9-7-18)30-33-13-22(29-23(20)33)24(34)32-11-10-31(14-27(32)15-36-16-27)25(35)37-26(3,4)5;1-14(2)17-9-18(15-3-5-16(23)6-4-15)26-28-10-19(25-20(17)28)21(29)27-8-7-24-11-22(27)12-30-13-22/h6-9,12-13,17H,10-11,14-16H2,1-5H3;3-6,9-10,14,24H,7-8,11-13H2,1-2H3. The summed E-state index contributed by atoms with van der Waals surface area (Å²) in [6.45, 7) is 18.7. The van der Waals surface area contributed by atoms with Gasteiger partial charge in [-0.1, -0.05) is 27.7 Å². The van der Waals surface area contributed by atoms with E-state index in [0.717, 1.165) is 35.3 Å². The van der Waals surface area contributed by atoms with Gasteiger partial charge >= 0.3 is 6.09 Å². The molecule has 16 nitrogen and oxygen atoms in total. The third-order valence-electron chi connectivity index (χ3n) is 12.7. The minimum absolute atomic E-state index is 0.0941. The predicted molar refractivity (Wildman–Crippen MR) is 245 cm³/mol. The molecule has 6 aromatic rings. The molecule has 0 saturated carbocycles. The van der Waals surface area contributed by atoms with E-state index in [-0.39, 0.29) is 46.5 Å². The van der Waals surface area contributed by atoms with Crippen LogP contribution >= 0.6 is 0 Å². The summed E-state index contributed by atoms with van der Waals surface area (Å²) in [6, 6.07) is 16.3. The number of nitrogens with zero attached hydrogens (tertiary/aromatic N) is 9. The van der Waals surface area contributed by atoms with E-state index in [2.05, 4.69) is 53.2 Å². The lowest BCUT2D eigenvalue weighted by molar-refractivity contribution is -0.151.